The molecule has 0 atom stereocenters. The van der Waals surface area contributed by atoms with Gasteiger partial charge in [0.1, 0.15) is 11.8 Å². The summed E-state index contributed by atoms with van der Waals surface area (Å²) in [6.07, 6.45) is 1.48. The van der Waals surface area contributed by atoms with E-state index in [-0.39, 0.29) is 12.5 Å². The molecule has 0 saturated heterocycles. The maximum Gasteiger partial charge on any atom is 0.271 e. The highest BCUT2D eigenvalue weighted by Gasteiger charge is 2.03. The number of para-hydroxylation sites is 1. The van der Waals surface area contributed by atoms with Crippen LogP contribution in [-0.4, -0.2) is 18.7 Å². The molecule has 1 amide bonds. The summed E-state index contributed by atoms with van der Waals surface area (Å²) >= 11 is 0. The van der Waals surface area contributed by atoms with Crippen LogP contribution in [0.5, 0.6) is 5.75 Å². The van der Waals surface area contributed by atoms with Gasteiger partial charge in [-0.05, 0) is 24.3 Å². The smallest absolute Gasteiger partial charge is 0.271 e. The van der Waals surface area contributed by atoms with Crippen LogP contribution in [0.4, 0.5) is 0 Å². The van der Waals surface area contributed by atoms with Crippen molar-refractivity contribution in [2.24, 2.45) is 5.10 Å². The molecule has 0 aliphatic carbocycles. The van der Waals surface area contributed by atoms with Gasteiger partial charge in [-0.2, -0.15) is 10.4 Å². The topological polar surface area (TPSA) is 74.5 Å². The third-order valence-electron chi connectivity index (χ3n) is 2.62. The van der Waals surface area contributed by atoms with Gasteiger partial charge in [-0.25, -0.2) is 5.43 Å². The van der Waals surface area contributed by atoms with Crippen LogP contribution in [-0.2, 0) is 0 Å². The van der Waals surface area contributed by atoms with Crippen molar-refractivity contribution >= 4 is 12.1 Å². The average Bonchev–Trinajstić information content (AvgIpc) is 2.54. The van der Waals surface area contributed by atoms with Crippen LogP contribution < -0.4 is 10.2 Å². The number of hydrogen-bond acceptors (Lipinski definition) is 4. The third kappa shape index (κ3) is 4.18. The van der Waals surface area contributed by atoms with Crippen molar-refractivity contribution in [3.8, 4) is 11.8 Å². The molecule has 5 heteroatoms. The summed E-state index contributed by atoms with van der Waals surface area (Å²) in [5, 5.41) is 12.4. The number of ether oxygens (including phenoxy) is 1. The molecule has 0 unspecified atom stereocenters. The van der Waals surface area contributed by atoms with E-state index in [1.807, 2.05) is 18.2 Å². The zero-order valence-electron chi connectivity index (χ0n) is 11.2. The number of nitriles is 1. The van der Waals surface area contributed by atoms with E-state index in [4.69, 9.17) is 10.00 Å². The summed E-state index contributed by atoms with van der Waals surface area (Å²) in [6, 6.07) is 17.8. The quantitative estimate of drug-likeness (QED) is 0.674. The third-order valence-corrected chi connectivity index (χ3v) is 2.62. The Hall–Kier alpha value is -3.13. The Morgan fingerprint density at radius 3 is 2.67 bits per heavy atom. The van der Waals surface area contributed by atoms with Crippen molar-refractivity contribution in [3.63, 3.8) is 0 Å². The lowest BCUT2D eigenvalue weighted by atomic mass is 10.2. The zero-order chi connectivity index (χ0) is 14.9. The number of amides is 1. The number of hydrazone groups is 1. The molecule has 2 aromatic carbocycles. The second-order valence-corrected chi connectivity index (χ2v) is 4.05. The van der Waals surface area contributed by atoms with E-state index in [1.165, 1.54) is 6.21 Å². The Balaban J connectivity index is 2.02. The van der Waals surface area contributed by atoms with E-state index in [0.717, 1.165) is 0 Å². The Kier molecular flexibility index (Phi) is 5.07. The molecular weight excluding hydrogens is 266 g/mol. The summed E-state index contributed by atoms with van der Waals surface area (Å²) < 4.78 is 5.26. The largest absolute Gasteiger partial charge is 0.478 e. The average molecular weight is 279 g/mol. The van der Waals surface area contributed by atoms with E-state index >= 15 is 0 Å². The number of nitrogens with zero attached hydrogens (tertiary/aromatic N) is 2. The van der Waals surface area contributed by atoms with Crippen molar-refractivity contribution in [3.05, 3.63) is 65.7 Å². The van der Waals surface area contributed by atoms with E-state index in [0.29, 0.717) is 16.9 Å². The summed E-state index contributed by atoms with van der Waals surface area (Å²) in [6.45, 7) is -0.0404. The molecule has 0 aliphatic rings. The van der Waals surface area contributed by atoms with Gasteiger partial charge < -0.3 is 4.74 Å². The molecule has 5 nitrogen and oxygen atoms in total. The number of rotatable bonds is 5. The molecule has 2 aromatic rings. The first-order chi connectivity index (χ1) is 10.3. The van der Waals surface area contributed by atoms with Gasteiger partial charge >= 0.3 is 0 Å². The summed E-state index contributed by atoms with van der Waals surface area (Å²) in [7, 11) is 0. The van der Waals surface area contributed by atoms with Crippen LogP contribution in [0.2, 0.25) is 0 Å². The Morgan fingerprint density at radius 2 is 1.90 bits per heavy atom. The van der Waals surface area contributed by atoms with Crippen LogP contribution in [0.3, 0.4) is 0 Å². The fourth-order valence-electron chi connectivity index (χ4n) is 1.64. The van der Waals surface area contributed by atoms with E-state index in [9.17, 15) is 4.79 Å². The van der Waals surface area contributed by atoms with Gasteiger partial charge in [-0.3, -0.25) is 4.79 Å². The zero-order valence-corrected chi connectivity index (χ0v) is 11.2. The lowest BCUT2D eigenvalue weighted by molar-refractivity contribution is 0.0955. The van der Waals surface area contributed by atoms with Crippen LogP contribution >= 0.6 is 0 Å². The second kappa shape index (κ2) is 7.46. The molecule has 0 radical (unpaired) electrons. The van der Waals surface area contributed by atoms with E-state index < -0.39 is 0 Å². The molecule has 104 valence electrons. The molecule has 0 aliphatic heterocycles. The van der Waals surface area contributed by atoms with Crippen molar-refractivity contribution in [2.45, 2.75) is 0 Å². The minimum Gasteiger partial charge on any atom is -0.478 e. The first kappa shape index (κ1) is 14.3. The normalized spacial score (nSPS) is 10.0. The fraction of sp³-hybridized carbons (Fsp3) is 0.0625. The van der Waals surface area contributed by atoms with Crippen LogP contribution in [0.1, 0.15) is 15.9 Å². The first-order valence-electron chi connectivity index (χ1n) is 6.28. The molecule has 0 saturated carbocycles. The molecule has 0 fully saturated rings. The maximum absolute atomic E-state index is 11.8. The predicted octanol–water partition coefficient (Wildman–Crippen LogP) is 2.35. The molecule has 0 aromatic heterocycles. The van der Waals surface area contributed by atoms with Gasteiger partial charge in [0.05, 0.1) is 6.21 Å². The minimum absolute atomic E-state index is 0.0404. The van der Waals surface area contributed by atoms with Crippen LogP contribution in [0.25, 0.3) is 0 Å². The van der Waals surface area contributed by atoms with Crippen LogP contribution in [0, 0.1) is 11.3 Å². The highest BCUT2D eigenvalue weighted by molar-refractivity contribution is 5.95. The summed E-state index contributed by atoms with van der Waals surface area (Å²) in [4.78, 5) is 11.8. The van der Waals surface area contributed by atoms with Gasteiger partial charge in [0.25, 0.3) is 5.91 Å². The van der Waals surface area contributed by atoms with Gasteiger partial charge in [-0.1, -0.05) is 30.3 Å². The summed E-state index contributed by atoms with van der Waals surface area (Å²) in [5.41, 5.74) is 3.65. The molecule has 0 heterocycles. The van der Waals surface area contributed by atoms with E-state index in [2.05, 4.69) is 10.5 Å². The van der Waals surface area contributed by atoms with Crippen molar-refractivity contribution in [1.29, 1.82) is 5.26 Å². The number of benzene rings is 2. The lowest BCUT2D eigenvalue weighted by Crippen LogP contribution is -2.17. The van der Waals surface area contributed by atoms with Gasteiger partial charge in [0.15, 0.2) is 6.61 Å². The van der Waals surface area contributed by atoms with Crippen molar-refractivity contribution in [2.75, 3.05) is 6.61 Å². The first-order valence-corrected chi connectivity index (χ1v) is 6.28. The number of carbonyl (C=O) groups excluding carboxylic acids is 1. The molecule has 21 heavy (non-hydrogen) atoms. The van der Waals surface area contributed by atoms with Crippen molar-refractivity contribution < 1.29 is 9.53 Å². The van der Waals surface area contributed by atoms with Crippen molar-refractivity contribution in [1.82, 2.24) is 5.43 Å². The van der Waals surface area contributed by atoms with Crippen LogP contribution in [0.15, 0.2) is 59.7 Å². The fourth-order valence-corrected chi connectivity index (χ4v) is 1.64. The Labute approximate surface area is 122 Å². The maximum atomic E-state index is 11.8. The Bertz CT molecular complexity index is 675. The molecule has 2 rings (SSSR count). The highest BCUT2D eigenvalue weighted by Crippen LogP contribution is 2.15. The second-order valence-electron chi connectivity index (χ2n) is 4.05. The molecule has 0 bridgehead atoms. The molecule has 0 spiro atoms. The number of hydrogen-bond donors (Lipinski definition) is 1. The molecule has 1 N–H and O–H groups in total. The van der Waals surface area contributed by atoms with Gasteiger partial charge in [0, 0.05) is 11.1 Å². The standard InChI is InChI=1S/C16H13N3O2/c17-10-11-21-15-9-5-4-8-14(15)12-18-19-16(20)13-6-2-1-3-7-13/h1-9,12H,11H2,(H,19,20)/b18-12-. The Morgan fingerprint density at radius 1 is 1.19 bits per heavy atom. The predicted molar refractivity (Wildman–Crippen MR) is 79.1 cm³/mol. The SMILES string of the molecule is N#CCOc1ccccc1/C=N\NC(=O)c1ccccc1. The minimum atomic E-state index is -0.290. The lowest BCUT2D eigenvalue weighted by Gasteiger charge is -2.04. The van der Waals surface area contributed by atoms with Gasteiger partial charge in [0.2, 0.25) is 0 Å². The number of carbonyl (C=O) groups is 1. The van der Waals surface area contributed by atoms with E-state index in [1.54, 1.807) is 42.5 Å². The molecular formula is C16H13N3O2. The van der Waals surface area contributed by atoms with Gasteiger partial charge in [-0.15, -0.1) is 0 Å². The summed E-state index contributed by atoms with van der Waals surface area (Å²) in [5.74, 6) is 0.249. The number of nitrogens with one attached hydrogen (secondary N) is 1. The highest BCUT2D eigenvalue weighted by atomic mass is 16.5. The monoisotopic (exact) mass is 279 g/mol.